The Bertz CT molecular complexity index is 785. The van der Waals surface area contributed by atoms with E-state index in [2.05, 4.69) is 20.1 Å². The van der Waals surface area contributed by atoms with E-state index in [9.17, 15) is 14.7 Å². The molecule has 7 heteroatoms. The van der Waals surface area contributed by atoms with Crippen LogP contribution in [0.25, 0.3) is 0 Å². The third-order valence-corrected chi connectivity index (χ3v) is 4.73. The number of aromatic carboxylic acids is 1. The van der Waals surface area contributed by atoms with Gasteiger partial charge in [-0.2, -0.15) is 0 Å². The fraction of sp³-hybridized carbons (Fsp3) is 0.474. The minimum absolute atomic E-state index is 0.0826. The summed E-state index contributed by atoms with van der Waals surface area (Å²) in [7, 11) is 0. The fourth-order valence-electron chi connectivity index (χ4n) is 3.33. The van der Waals surface area contributed by atoms with Crippen LogP contribution in [0.4, 0.5) is 0 Å². The number of nitrogens with zero attached hydrogens (tertiary/aromatic N) is 3. The molecule has 0 fully saturated rings. The van der Waals surface area contributed by atoms with Gasteiger partial charge in [0, 0.05) is 32.4 Å². The lowest BCUT2D eigenvalue weighted by atomic mass is 10.0. The first-order chi connectivity index (χ1) is 12.6. The highest BCUT2D eigenvalue weighted by atomic mass is 16.4. The van der Waals surface area contributed by atoms with Crippen LogP contribution >= 0.6 is 0 Å². The van der Waals surface area contributed by atoms with E-state index in [1.165, 1.54) is 6.42 Å². The van der Waals surface area contributed by atoms with Crippen molar-refractivity contribution in [1.82, 2.24) is 20.1 Å². The molecule has 2 N–H and O–H groups in total. The first-order valence-corrected chi connectivity index (χ1v) is 9.14. The van der Waals surface area contributed by atoms with Crippen LogP contribution in [0.15, 0.2) is 24.3 Å². The number of hydrogen-bond acceptors (Lipinski definition) is 4. The molecule has 1 aliphatic heterocycles. The van der Waals surface area contributed by atoms with Crippen LogP contribution in [-0.2, 0) is 30.6 Å². The van der Waals surface area contributed by atoms with Crippen molar-refractivity contribution in [3.8, 4) is 0 Å². The van der Waals surface area contributed by atoms with Gasteiger partial charge in [0.15, 0.2) is 0 Å². The molecule has 0 unspecified atom stereocenters. The van der Waals surface area contributed by atoms with Gasteiger partial charge in [-0.3, -0.25) is 4.79 Å². The Hall–Kier alpha value is -2.70. The second-order valence-corrected chi connectivity index (χ2v) is 6.56. The van der Waals surface area contributed by atoms with Crippen molar-refractivity contribution < 1.29 is 14.7 Å². The Morgan fingerprint density at radius 3 is 2.81 bits per heavy atom. The highest BCUT2D eigenvalue weighted by molar-refractivity contribution is 5.89. The third-order valence-electron chi connectivity index (χ3n) is 4.73. The van der Waals surface area contributed by atoms with Gasteiger partial charge < -0.3 is 15.0 Å². The number of amides is 1. The molecule has 1 aromatic carbocycles. The molecule has 0 saturated heterocycles. The van der Waals surface area contributed by atoms with Gasteiger partial charge in [-0.25, -0.2) is 4.79 Å². The maximum absolute atomic E-state index is 12.1. The molecule has 1 aliphatic rings. The Morgan fingerprint density at radius 2 is 1.96 bits per heavy atom. The molecule has 0 spiro atoms. The van der Waals surface area contributed by atoms with Crippen LogP contribution in [0.5, 0.6) is 0 Å². The van der Waals surface area contributed by atoms with Crippen LogP contribution in [-0.4, -0.2) is 38.3 Å². The van der Waals surface area contributed by atoms with Crippen molar-refractivity contribution in [2.24, 2.45) is 0 Å². The van der Waals surface area contributed by atoms with Crippen molar-refractivity contribution >= 4 is 11.9 Å². The number of carbonyl (C=O) groups excluding carboxylic acids is 1. The molecule has 26 heavy (non-hydrogen) atoms. The van der Waals surface area contributed by atoms with Crippen molar-refractivity contribution in [2.45, 2.75) is 51.5 Å². The smallest absolute Gasteiger partial charge is 0.335 e. The summed E-state index contributed by atoms with van der Waals surface area (Å²) in [4.78, 5) is 23.3. The van der Waals surface area contributed by atoms with Crippen molar-refractivity contribution in [2.75, 3.05) is 6.54 Å². The maximum atomic E-state index is 12.1. The van der Waals surface area contributed by atoms with E-state index in [0.717, 1.165) is 37.5 Å². The summed E-state index contributed by atoms with van der Waals surface area (Å²) in [6, 6.07) is 6.79. The summed E-state index contributed by atoms with van der Waals surface area (Å²) >= 11 is 0. The summed E-state index contributed by atoms with van der Waals surface area (Å²) in [6.45, 7) is 1.47. The number of carboxylic acids is 1. The average molecular weight is 356 g/mol. The predicted molar refractivity (Wildman–Crippen MR) is 96.0 cm³/mol. The largest absolute Gasteiger partial charge is 0.478 e. The summed E-state index contributed by atoms with van der Waals surface area (Å²) in [5.74, 6) is 0.932. The lowest BCUT2D eigenvalue weighted by molar-refractivity contribution is -0.121. The maximum Gasteiger partial charge on any atom is 0.335 e. The van der Waals surface area contributed by atoms with Gasteiger partial charge in [0.1, 0.15) is 11.6 Å². The normalized spacial score (nSPS) is 13.7. The SMILES string of the molecule is O=C(CCc1ccccc1C(=O)O)NCCc1nnc2n1CCCCC2. The van der Waals surface area contributed by atoms with Gasteiger partial charge in [-0.15, -0.1) is 10.2 Å². The average Bonchev–Trinajstić information content (AvgIpc) is 2.87. The summed E-state index contributed by atoms with van der Waals surface area (Å²) in [6.07, 6.45) is 5.83. The van der Waals surface area contributed by atoms with Gasteiger partial charge in [0.25, 0.3) is 0 Å². The molecular formula is C19H24N4O3. The summed E-state index contributed by atoms with van der Waals surface area (Å²) < 4.78 is 2.18. The molecule has 3 rings (SSSR count). The number of hydrogen-bond donors (Lipinski definition) is 2. The van der Waals surface area contributed by atoms with E-state index in [-0.39, 0.29) is 17.9 Å². The van der Waals surface area contributed by atoms with Gasteiger partial charge in [0.05, 0.1) is 5.56 Å². The number of fused-ring (bicyclic) bond motifs is 1. The van der Waals surface area contributed by atoms with Gasteiger partial charge in [-0.05, 0) is 30.9 Å². The zero-order valence-corrected chi connectivity index (χ0v) is 14.8. The van der Waals surface area contributed by atoms with Crippen LogP contribution in [0.2, 0.25) is 0 Å². The van der Waals surface area contributed by atoms with E-state index in [4.69, 9.17) is 0 Å². The molecule has 1 aromatic heterocycles. The van der Waals surface area contributed by atoms with Crippen molar-refractivity contribution in [1.29, 1.82) is 0 Å². The number of carbonyl (C=O) groups is 2. The lowest BCUT2D eigenvalue weighted by Gasteiger charge is -2.09. The van der Waals surface area contributed by atoms with Crippen molar-refractivity contribution in [3.63, 3.8) is 0 Å². The minimum atomic E-state index is -0.964. The number of aryl methyl sites for hydroxylation is 2. The van der Waals surface area contributed by atoms with Crippen molar-refractivity contribution in [3.05, 3.63) is 47.0 Å². The van der Waals surface area contributed by atoms with E-state index < -0.39 is 5.97 Å². The summed E-state index contributed by atoms with van der Waals surface area (Å²) in [5.41, 5.74) is 0.935. The third kappa shape index (κ3) is 4.47. The fourth-order valence-corrected chi connectivity index (χ4v) is 3.33. The minimum Gasteiger partial charge on any atom is -0.478 e. The quantitative estimate of drug-likeness (QED) is 0.791. The molecule has 0 aliphatic carbocycles. The first kappa shape index (κ1) is 18.1. The number of carboxylic acid groups (broad SMARTS) is 1. The topological polar surface area (TPSA) is 97.1 Å². The molecule has 0 atom stereocenters. The van der Waals surface area contributed by atoms with Crippen LogP contribution < -0.4 is 5.32 Å². The van der Waals surface area contributed by atoms with Crippen LogP contribution in [0.3, 0.4) is 0 Å². The monoisotopic (exact) mass is 356 g/mol. The highest BCUT2D eigenvalue weighted by Crippen LogP contribution is 2.14. The van der Waals surface area contributed by atoms with E-state index >= 15 is 0 Å². The molecular weight excluding hydrogens is 332 g/mol. The number of benzene rings is 1. The Morgan fingerprint density at radius 1 is 1.12 bits per heavy atom. The molecule has 7 nitrogen and oxygen atoms in total. The molecule has 1 amide bonds. The second-order valence-electron chi connectivity index (χ2n) is 6.56. The Labute approximate surface area is 152 Å². The Balaban J connectivity index is 1.47. The molecule has 2 heterocycles. The van der Waals surface area contributed by atoms with E-state index in [1.807, 2.05) is 0 Å². The van der Waals surface area contributed by atoms with Gasteiger partial charge in [-0.1, -0.05) is 24.6 Å². The molecule has 0 radical (unpaired) electrons. The molecule has 0 bridgehead atoms. The zero-order valence-electron chi connectivity index (χ0n) is 14.8. The Kier molecular flexibility index (Phi) is 5.99. The van der Waals surface area contributed by atoms with Crippen LogP contribution in [0.1, 0.15) is 53.3 Å². The highest BCUT2D eigenvalue weighted by Gasteiger charge is 2.15. The lowest BCUT2D eigenvalue weighted by Crippen LogP contribution is -2.27. The zero-order chi connectivity index (χ0) is 18.4. The van der Waals surface area contributed by atoms with Crippen LogP contribution in [0, 0.1) is 0 Å². The summed E-state index contributed by atoms with van der Waals surface area (Å²) in [5, 5.41) is 20.6. The number of aromatic nitrogens is 3. The molecule has 138 valence electrons. The van der Waals surface area contributed by atoms with Gasteiger partial charge >= 0.3 is 5.97 Å². The van der Waals surface area contributed by atoms with E-state index in [0.29, 0.717) is 24.9 Å². The standard InChI is InChI=1S/C19H24N4O3/c24-18(10-9-14-6-3-4-7-15(14)19(25)26)20-12-11-17-22-21-16-8-2-1-5-13-23(16)17/h3-4,6-7H,1-2,5,8-13H2,(H,20,24)(H,25,26). The van der Waals surface area contributed by atoms with E-state index in [1.54, 1.807) is 24.3 Å². The van der Waals surface area contributed by atoms with Gasteiger partial charge in [0.2, 0.25) is 5.91 Å². The molecule has 0 saturated carbocycles. The number of rotatable bonds is 7. The molecule has 2 aromatic rings. The predicted octanol–water partition coefficient (Wildman–Crippen LogP) is 1.99. The first-order valence-electron chi connectivity index (χ1n) is 9.14. The second kappa shape index (κ2) is 8.60. The number of nitrogens with one attached hydrogen (secondary N) is 1.